The minimum atomic E-state index is -0.357. The van der Waals surface area contributed by atoms with Crippen LogP contribution >= 0.6 is 22.9 Å². The van der Waals surface area contributed by atoms with E-state index in [1.54, 1.807) is 11.3 Å². The number of aliphatic imine (C=N–C) groups is 1. The molecule has 1 aromatic carbocycles. The van der Waals surface area contributed by atoms with Crippen LogP contribution in [0.3, 0.4) is 0 Å². The number of halogens is 1. The average molecular weight is 544 g/mol. The van der Waals surface area contributed by atoms with Crippen molar-refractivity contribution < 1.29 is 4.79 Å². The first-order valence-corrected chi connectivity index (χ1v) is 14.4. The standard InChI is InChI=1S/C28H26ClN7OS/c1-15-33-34-27-28(8-9-28)32-24(19-4-2-3-5-21(19)29)23-20-12-16(13-22(20)38-26(23)36(15)27)25(37)31-17-7-11-35-18(14-17)6-10-30-35/h2-6,10,16-17H,7-9,11-14H2,1H3,(H,31,37)/t16-,17?/m0/s1. The molecule has 0 saturated heterocycles. The van der Waals surface area contributed by atoms with Gasteiger partial charge >= 0.3 is 0 Å². The fraction of sp³-hybridized carbons (Fsp3) is 0.393. The van der Waals surface area contributed by atoms with Gasteiger partial charge in [-0.3, -0.25) is 19.0 Å². The monoisotopic (exact) mass is 543 g/mol. The van der Waals surface area contributed by atoms with Gasteiger partial charge in [0.05, 0.1) is 5.71 Å². The molecular formula is C28H26ClN7OS. The number of rotatable bonds is 3. The van der Waals surface area contributed by atoms with Crippen molar-refractivity contribution in [1.29, 1.82) is 0 Å². The van der Waals surface area contributed by atoms with Crippen LogP contribution < -0.4 is 5.32 Å². The molecule has 3 aromatic heterocycles. The second kappa shape index (κ2) is 8.10. The number of carbonyl (C=O) groups is 1. The minimum Gasteiger partial charge on any atom is -0.353 e. The van der Waals surface area contributed by atoms with Gasteiger partial charge in [0.25, 0.3) is 0 Å². The molecule has 2 aliphatic carbocycles. The van der Waals surface area contributed by atoms with Gasteiger partial charge in [0.15, 0.2) is 5.82 Å². The lowest BCUT2D eigenvalue weighted by atomic mass is 9.96. The van der Waals surface area contributed by atoms with Gasteiger partial charge in [0.2, 0.25) is 5.91 Å². The van der Waals surface area contributed by atoms with Gasteiger partial charge in [-0.1, -0.05) is 29.8 Å². The number of aryl methyl sites for hydroxylation is 2. The molecule has 10 heteroatoms. The highest BCUT2D eigenvalue weighted by Gasteiger charge is 2.52. The zero-order chi connectivity index (χ0) is 25.6. The van der Waals surface area contributed by atoms with Crippen molar-refractivity contribution in [1.82, 2.24) is 29.9 Å². The molecule has 4 aliphatic rings. The van der Waals surface area contributed by atoms with Crippen LogP contribution in [-0.2, 0) is 36.1 Å². The number of benzene rings is 1. The van der Waals surface area contributed by atoms with E-state index in [4.69, 9.17) is 16.6 Å². The van der Waals surface area contributed by atoms with Crippen LogP contribution in [0.25, 0.3) is 5.00 Å². The summed E-state index contributed by atoms with van der Waals surface area (Å²) < 4.78 is 4.24. The molecule has 2 aliphatic heterocycles. The number of fused-ring (bicyclic) bond motifs is 7. The van der Waals surface area contributed by atoms with E-state index in [2.05, 4.69) is 31.2 Å². The number of aromatic nitrogens is 5. The van der Waals surface area contributed by atoms with E-state index in [1.165, 1.54) is 16.1 Å². The maximum Gasteiger partial charge on any atom is 0.224 e. The Morgan fingerprint density at radius 3 is 2.87 bits per heavy atom. The highest BCUT2D eigenvalue weighted by Crippen LogP contribution is 2.54. The Balaban J connectivity index is 1.17. The third-order valence-corrected chi connectivity index (χ3v) is 10.0. The molecule has 1 unspecified atom stereocenters. The molecule has 38 heavy (non-hydrogen) atoms. The highest BCUT2D eigenvalue weighted by molar-refractivity contribution is 7.15. The smallest absolute Gasteiger partial charge is 0.224 e. The van der Waals surface area contributed by atoms with E-state index in [1.807, 2.05) is 42.1 Å². The zero-order valence-corrected chi connectivity index (χ0v) is 22.5. The SMILES string of the molecule is Cc1nnc2n1-c1sc3c(c1C(c1ccccc1Cl)=NC21CC1)C[C@H](C(=O)NC1CCn2nccc2C1)C3. The van der Waals surface area contributed by atoms with Gasteiger partial charge in [0.1, 0.15) is 16.4 Å². The quantitative estimate of drug-likeness (QED) is 0.420. The van der Waals surface area contributed by atoms with Crippen molar-refractivity contribution in [2.45, 2.75) is 63.6 Å². The van der Waals surface area contributed by atoms with Crippen LogP contribution in [0.5, 0.6) is 0 Å². The molecule has 192 valence electrons. The van der Waals surface area contributed by atoms with Crippen molar-refractivity contribution in [3.63, 3.8) is 0 Å². The normalized spacial score (nSPS) is 22.2. The number of amides is 1. The second-order valence-corrected chi connectivity index (χ2v) is 12.4. The third-order valence-electron chi connectivity index (χ3n) is 8.48. The van der Waals surface area contributed by atoms with Crippen molar-refractivity contribution in [2.24, 2.45) is 10.9 Å². The van der Waals surface area contributed by atoms with E-state index < -0.39 is 0 Å². The summed E-state index contributed by atoms with van der Waals surface area (Å²) in [6.07, 6.45) is 6.91. The minimum absolute atomic E-state index is 0.0829. The van der Waals surface area contributed by atoms with Crippen LogP contribution in [0, 0.1) is 12.8 Å². The fourth-order valence-electron chi connectivity index (χ4n) is 6.35. The van der Waals surface area contributed by atoms with Gasteiger partial charge < -0.3 is 5.32 Å². The molecule has 4 aromatic rings. The van der Waals surface area contributed by atoms with Crippen molar-refractivity contribution in [2.75, 3.05) is 0 Å². The van der Waals surface area contributed by atoms with Crippen molar-refractivity contribution in [3.8, 4) is 5.00 Å². The number of thiophene rings is 1. The first-order chi connectivity index (χ1) is 18.5. The van der Waals surface area contributed by atoms with Gasteiger partial charge in [-0.2, -0.15) is 5.10 Å². The molecular weight excluding hydrogens is 518 g/mol. The number of nitrogens with zero attached hydrogens (tertiary/aromatic N) is 6. The molecule has 1 spiro atoms. The summed E-state index contributed by atoms with van der Waals surface area (Å²) >= 11 is 8.52. The topological polar surface area (TPSA) is 90.0 Å². The lowest BCUT2D eigenvalue weighted by Crippen LogP contribution is -2.43. The molecule has 2 atom stereocenters. The summed E-state index contributed by atoms with van der Waals surface area (Å²) in [7, 11) is 0. The average Bonchev–Trinajstić information content (AvgIpc) is 3.25. The Kier molecular flexibility index (Phi) is 4.83. The summed E-state index contributed by atoms with van der Waals surface area (Å²) in [5.41, 5.74) is 5.01. The van der Waals surface area contributed by atoms with Gasteiger partial charge in [-0.25, -0.2) is 0 Å². The number of nitrogens with one attached hydrogen (secondary N) is 1. The molecule has 1 amide bonds. The van der Waals surface area contributed by atoms with Gasteiger partial charge in [0, 0.05) is 57.8 Å². The van der Waals surface area contributed by atoms with Gasteiger partial charge in [-0.15, -0.1) is 21.5 Å². The molecule has 8 rings (SSSR count). The first-order valence-electron chi connectivity index (χ1n) is 13.2. The lowest BCUT2D eigenvalue weighted by molar-refractivity contribution is -0.125. The Morgan fingerprint density at radius 2 is 2.03 bits per heavy atom. The second-order valence-electron chi connectivity index (χ2n) is 10.9. The maximum atomic E-state index is 13.5. The van der Waals surface area contributed by atoms with E-state index >= 15 is 0 Å². The summed E-state index contributed by atoms with van der Waals surface area (Å²) in [5.74, 6) is 1.85. The molecule has 0 bridgehead atoms. The highest BCUT2D eigenvalue weighted by atomic mass is 35.5. The molecule has 5 heterocycles. The largest absolute Gasteiger partial charge is 0.353 e. The van der Waals surface area contributed by atoms with Crippen LogP contribution in [-0.4, -0.2) is 42.2 Å². The Hall–Kier alpha value is -3.30. The van der Waals surface area contributed by atoms with Crippen LogP contribution in [0.15, 0.2) is 41.5 Å². The Labute approximate surface area is 228 Å². The summed E-state index contributed by atoms with van der Waals surface area (Å²) in [4.78, 5) is 20.1. The Bertz CT molecular complexity index is 1660. The predicted octanol–water partition coefficient (Wildman–Crippen LogP) is 4.17. The molecule has 8 nitrogen and oxygen atoms in total. The Morgan fingerprint density at radius 1 is 1.16 bits per heavy atom. The number of hydrogen-bond donors (Lipinski definition) is 1. The lowest BCUT2D eigenvalue weighted by Gasteiger charge is -2.25. The molecule has 0 radical (unpaired) electrons. The van der Waals surface area contributed by atoms with Gasteiger partial charge in [-0.05, 0) is 56.7 Å². The van der Waals surface area contributed by atoms with Crippen molar-refractivity contribution >= 4 is 34.6 Å². The van der Waals surface area contributed by atoms with Crippen LogP contribution in [0.4, 0.5) is 0 Å². The summed E-state index contributed by atoms with van der Waals surface area (Å²) in [6, 6.07) is 10.1. The maximum absolute atomic E-state index is 13.5. The van der Waals surface area contributed by atoms with Crippen LogP contribution in [0.2, 0.25) is 5.02 Å². The first kappa shape index (κ1) is 22.7. The van der Waals surface area contributed by atoms with Crippen LogP contribution in [0.1, 0.15) is 58.2 Å². The summed E-state index contributed by atoms with van der Waals surface area (Å²) in [6.45, 7) is 2.85. The third kappa shape index (κ3) is 3.31. The van der Waals surface area contributed by atoms with E-state index in [0.717, 1.165) is 72.1 Å². The zero-order valence-electron chi connectivity index (χ0n) is 20.9. The number of carbonyl (C=O) groups excluding carboxylic acids is 1. The molecule has 1 saturated carbocycles. The fourth-order valence-corrected chi connectivity index (χ4v) is 8.03. The van der Waals surface area contributed by atoms with E-state index in [9.17, 15) is 4.79 Å². The summed E-state index contributed by atoms with van der Waals surface area (Å²) in [5, 5.41) is 18.5. The van der Waals surface area contributed by atoms with E-state index in [-0.39, 0.29) is 23.4 Å². The molecule has 1 fully saturated rings. The van der Waals surface area contributed by atoms with E-state index in [0.29, 0.717) is 11.4 Å². The number of hydrogen-bond acceptors (Lipinski definition) is 6. The predicted molar refractivity (Wildman–Crippen MR) is 145 cm³/mol. The van der Waals surface area contributed by atoms with Crippen molar-refractivity contribution in [3.05, 3.63) is 80.5 Å². The molecule has 1 N–H and O–H groups in total.